The summed E-state index contributed by atoms with van der Waals surface area (Å²) in [6, 6.07) is 11.1. The van der Waals surface area contributed by atoms with E-state index in [4.69, 9.17) is 9.73 Å². The van der Waals surface area contributed by atoms with Crippen LogP contribution in [-0.2, 0) is 14.6 Å². The maximum atomic E-state index is 12.5. The van der Waals surface area contributed by atoms with Gasteiger partial charge in [-0.1, -0.05) is 30.3 Å². The third kappa shape index (κ3) is 5.72. The Hall–Kier alpha value is -1.60. The molecule has 7 heteroatoms. The van der Waals surface area contributed by atoms with Crippen LogP contribution in [0.15, 0.2) is 35.3 Å². The third-order valence-corrected chi connectivity index (χ3v) is 8.51. The highest BCUT2D eigenvalue weighted by molar-refractivity contribution is 7.92. The molecular formula is C22H35N3O3S. The quantitative estimate of drug-likeness (QED) is 0.545. The van der Waals surface area contributed by atoms with Gasteiger partial charge in [-0.05, 0) is 56.9 Å². The average molecular weight is 422 g/mol. The molecule has 1 aromatic carbocycles. The average Bonchev–Trinajstić information content (AvgIpc) is 2.73. The highest BCUT2D eigenvalue weighted by Crippen LogP contribution is 2.33. The van der Waals surface area contributed by atoms with Crippen molar-refractivity contribution in [3.05, 3.63) is 35.9 Å². The summed E-state index contributed by atoms with van der Waals surface area (Å²) in [4.78, 5) is 4.71. The fourth-order valence-electron chi connectivity index (χ4n) is 4.42. The highest BCUT2D eigenvalue weighted by atomic mass is 32.2. The minimum absolute atomic E-state index is 0.282. The number of sulfone groups is 1. The van der Waals surface area contributed by atoms with Crippen molar-refractivity contribution in [1.29, 1.82) is 0 Å². The minimum Gasteiger partial charge on any atom is -0.381 e. The van der Waals surface area contributed by atoms with Gasteiger partial charge in [0.1, 0.15) is 0 Å². The molecule has 1 heterocycles. The van der Waals surface area contributed by atoms with Crippen molar-refractivity contribution in [3.8, 4) is 0 Å². The SMILES string of the molecule is CCNC(=NCC1(S(C)(=O)=O)CCOCC1)NC1CCC(c2ccccc2)CC1. The van der Waals surface area contributed by atoms with Crippen LogP contribution < -0.4 is 10.6 Å². The summed E-state index contributed by atoms with van der Waals surface area (Å²) in [6.07, 6.45) is 6.86. The van der Waals surface area contributed by atoms with E-state index < -0.39 is 14.6 Å². The van der Waals surface area contributed by atoms with Crippen LogP contribution in [0.2, 0.25) is 0 Å². The van der Waals surface area contributed by atoms with Crippen LogP contribution in [0.4, 0.5) is 0 Å². The van der Waals surface area contributed by atoms with E-state index in [-0.39, 0.29) is 6.54 Å². The number of benzene rings is 1. The van der Waals surface area contributed by atoms with E-state index in [9.17, 15) is 8.42 Å². The number of aliphatic imine (C=N–C) groups is 1. The Morgan fingerprint density at radius 3 is 2.38 bits per heavy atom. The van der Waals surface area contributed by atoms with Gasteiger partial charge in [-0.3, -0.25) is 4.99 Å². The molecule has 29 heavy (non-hydrogen) atoms. The summed E-state index contributed by atoms with van der Waals surface area (Å²) in [7, 11) is -3.21. The van der Waals surface area contributed by atoms with Crippen LogP contribution in [0.3, 0.4) is 0 Å². The molecule has 0 atom stereocenters. The van der Waals surface area contributed by atoms with E-state index in [1.165, 1.54) is 11.8 Å². The van der Waals surface area contributed by atoms with Gasteiger partial charge < -0.3 is 15.4 Å². The van der Waals surface area contributed by atoms with Crippen molar-refractivity contribution < 1.29 is 13.2 Å². The monoisotopic (exact) mass is 421 g/mol. The Balaban J connectivity index is 1.61. The van der Waals surface area contributed by atoms with Gasteiger partial charge in [-0.15, -0.1) is 0 Å². The summed E-state index contributed by atoms with van der Waals surface area (Å²) >= 11 is 0. The number of nitrogens with one attached hydrogen (secondary N) is 2. The zero-order valence-corrected chi connectivity index (χ0v) is 18.5. The minimum atomic E-state index is -3.21. The number of hydrogen-bond acceptors (Lipinski definition) is 4. The van der Waals surface area contributed by atoms with Crippen LogP contribution >= 0.6 is 0 Å². The second-order valence-electron chi connectivity index (χ2n) is 8.37. The molecule has 1 saturated heterocycles. The van der Waals surface area contributed by atoms with Crippen LogP contribution in [0.5, 0.6) is 0 Å². The molecule has 1 aromatic rings. The van der Waals surface area contributed by atoms with Gasteiger partial charge in [0.2, 0.25) is 0 Å². The normalized spacial score (nSPS) is 25.4. The first-order valence-corrected chi connectivity index (χ1v) is 12.7. The Morgan fingerprint density at radius 1 is 1.14 bits per heavy atom. The zero-order chi connectivity index (χ0) is 20.7. The molecule has 2 fully saturated rings. The summed E-state index contributed by atoms with van der Waals surface area (Å²) < 4.78 is 29.5. The van der Waals surface area contributed by atoms with E-state index >= 15 is 0 Å². The van der Waals surface area contributed by atoms with Crippen LogP contribution in [0.1, 0.15) is 56.9 Å². The van der Waals surface area contributed by atoms with Gasteiger partial charge in [0.15, 0.2) is 15.8 Å². The van der Waals surface area contributed by atoms with Crippen molar-refractivity contribution in [3.63, 3.8) is 0 Å². The molecule has 2 aliphatic rings. The summed E-state index contributed by atoms with van der Waals surface area (Å²) in [5.74, 6) is 1.36. The van der Waals surface area contributed by atoms with Gasteiger partial charge in [-0.25, -0.2) is 8.42 Å². The Kier molecular flexibility index (Phi) is 7.57. The Labute approximate surface area is 175 Å². The van der Waals surface area contributed by atoms with E-state index in [0.717, 1.165) is 38.2 Å². The molecule has 0 bridgehead atoms. The van der Waals surface area contributed by atoms with E-state index in [2.05, 4.69) is 41.0 Å². The lowest BCUT2D eigenvalue weighted by atomic mass is 9.82. The molecule has 1 aliphatic carbocycles. The maximum Gasteiger partial charge on any atom is 0.191 e. The molecule has 0 unspecified atom stereocenters. The van der Waals surface area contributed by atoms with Crippen molar-refractivity contribution >= 4 is 15.8 Å². The summed E-state index contributed by atoms with van der Waals surface area (Å²) in [5, 5.41) is 6.84. The fourth-order valence-corrected chi connectivity index (χ4v) is 5.63. The third-order valence-electron chi connectivity index (χ3n) is 6.40. The molecule has 2 N–H and O–H groups in total. The second kappa shape index (κ2) is 9.94. The van der Waals surface area contributed by atoms with Crippen LogP contribution in [0.25, 0.3) is 0 Å². The predicted octanol–water partition coefficient (Wildman–Crippen LogP) is 2.86. The second-order valence-corrected chi connectivity index (χ2v) is 10.8. The first kappa shape index (κ1) is 22.1. The Morgan fingerprint density at radius 2 is 1.79 bits per heavy atom. The number of hydrogen-bond donors (Lipinski definition) is 2. The van der Waals surface area contributed by atoms with Crippen molar-refractivity contribution in [2.24, 2.45) is 4.99 Å². The molecule has 1 saturated carbocycles. The topological polar surface area (TPSA) is 79.8 Å². The van der Waals surface area contributed by atoms with Gasteiger partial charge in [0.05, 0.1) is 11.3 Å². The number of ether oxygens (including phenoxy) is 1. The standard InChI is InChI=1S/C22H35N3O3S/c1-3-23-21(24-17-22(29(2,26)27)13-15-28-16-14-22)25-20-11-9-19(10-12-20)18-7-5-4-6-8-18/h4-8,19-20H,3,9-17H2,1-2H3,(H2,23,24,25). The van der Waals surface area contributed by atoms with Crippen molar-refractivity contribution in [2.45, 2.75) is 62.2 Å². The molecule has 0 amide bonds. The molecule has 162 valence electrons. The lowest BCUT2D eigenvalue weighted by molar-refractivity contribution is 0.0768. The van der Waals surface area contributed by atoms with Crippen LogP contribution in [-0.4, -0.2) is 57.7 Å². The molecule has 0 radical (unpaired) electrons. The van der Waals surface area contributed by atoms with Crippen molar-refractivity contribution in [2.75, 3.05) is 32.6 Å². The summed E-state index contributed by atoms with van der Waals surface area (Å²) in [5.41, 5.74) is 1.43. The highest BCUT2D eigenvalue weighted by Gasteiger charge is 2.42. The molecule has 6 nitrogen and oxygen atoms in total. The maximum absolute atomic E-state index is 12.5. The number of guanidine groups is 1. The summed E-state index contributed by atoms with van der Waals surface area (Å²) in [6.45, 7) is 4.03. The molecular weight excluding hydrogens is 386 g/mol. The van der Waals surface area contributed by atoms with Crippen LogP contribution in [0, 0.1) is 0 Å². The smallest absolute Gasteiger partial charge is 0.191 e. The van der Waals surface area contributed by atoms with Crippen molar-refractivity contribution in [1.82, 2.24) is 10.6 Å². The molecule has 0 aromatic heterocycles. The number of nitrogens with zero attached hydrogens (tertiary/aromatic N) is 1. The molecule has 3 rings (SSSR count). The molecule has 1 aliphatic heterocycles. The van der Waals surface area contributed by atoms with Gasteiger partial charge in [-0.2, -0.15) is 0 Å². The fraction of sp³-hybridized carbons (Fsp3) is 0.682. The number of rotatable bonds is 6. The van der Waals surface area contributed by atoms with E-state index in [1.807, 2.05) is 6.92 Å². The first-order chi connectivity index (χ1) is 13.9. The van der Waals surface area contributed by atoms with E-state index in [0.29, 0.717) is 38.0 Å². The van der Waals surface area contributed by atoms with Gasteiger partial charge in [0, 0.05) is 32.1 Å². The van der Waals surface area contributed by atoms with Gasteiger partial charge >= 0.3 is 0 Å². The predicted molar refractivity (Wildman–Crippen MR) is 118 cm³/mol. The lowest BCUT2D eigenvalue weighted by Gasteiger charge is -2.34. The van der Waals surface area contributed by atoms with Gasteiger partial charge in [0.25, 0.3) is 0 Å². The first-order valence-electron chi connectivity index (χ1n) is 10.8. The zero-order valence-electron chi connectivity index (χ0n) is 17.7. The largest absolute Gasteiger partial charge is 0.381 e. The Bertz CT molecular complexity index is 766. The lowest BCUT2D eigenvalue weighted by Crippen LogP contribution is -2.49. The van der Waals surface area contributed by atoms with E-state index in [1.54, 1.807) is 0 Å². The molecule has 0 spiro atoms.